The SMILES string of the molecule is COc1cc(CN2CCC(C)(O)C2)ccc1C(=N)N. The summed E-state index contributed by atoms with van der Waals surface area (Å²) in [6, 6.07) is 5.67. The molecule has 1 heterocycles. The van der Waals surface area contributed by atoms with Crippen LogP contribution in [0.2, 0.25) is 0 Å². The van der Waals surface area contributed by atoms with Crippen LogP contribution in [0.1, 0.15) is 24.5 Å². The molecule has 0 amide bonds. The number of nitrogen functional groups attached to an aromatic ring is 1. The number of likely N-dealkylation sites (tertiary alicyclic amines) is 1. The molecule has 1 fully saturated rings. The molecule has 1 aromatic rings. The number of benzene rings is 1. The Hall–Kier alpha value is -1.59. The van der Waals surface area contributed by atoms with E-state index in [0.717, 1.165) is 25.1 Å². The fraction of sp³-hybridized carbons (Fsp3) is 0.500. The summed E-state index contributed by atoms with van der Waals surface area (Å²) in [6.45, 7) is 4.21. The number of hydrogen-bond donors (Lipinski definition) is 3. The summed E-state index contributed by atoms with van der Waals surface area (Å²) in [4.78, 5) is 2.21. The van der Waals surface area contributed by atoms with Gasteiger partial charge in [-0.1, -0.05) is 6.07 Å². The molecule has 5 nitrogen and oxygen atoms in total. The molecule has 1 aliphatic heterocycles. The molecule has 1 atom stereocenters. The van der Waals surface area contributed by atoms with Gasteiger partial charge in [0.15, 0.2) is 0 Å². The molecule has 19 heavy (non-hydrogen) atoms. The van der Waals surface area contributed by atoms with Gasteiger partial charge in [-0.2, -0.15) is 0 Å². The number of aliphatic hydroxyl groups is 1. The topological polar surface area (TPSA) is 82.6 Å². The smallest absolute Gasteiger partial charge is 0.130 e. The third-order valence-corrected chi connectivity index (χ3v) is 3.49. The standard InChI is InChI=1S/C14H21N3O2/c1-14(18)5-6-17(9-14)8-10-3-4-11(13(15)16)12(7-10)19-2/h3-4,7,18H,5-6,8-9H2,1-2H3,(H3,15,16). The van der Waals surface area contributed by atoms with Crippen LogP contribution < -0.4 is 10.5 Å². The number of rotatable bonds is 4. The van der Waals surface area contributed by atoms with E-state index in [1.54, 1.807) is 7.11 Å². The van der Waals surface area contributed by atoms with Crippen molar-refractivity contribution < 1.29 is 9.84 Å². The molecule has 1 aromatic carbocycles. The van der Waals surface area contributed by atoms with E-state index in [4.69, 9.17) is 15.9 Å². The lowest BCUT2D eigenvalue weighted by atomic mass is 10.1. The van der Waals surface area contributed by atoms with Gasteiger partial charge in [-0.3, -0.25) is 10.3 Å². The Morgan fingerprint density at radius 2 is 2.32 bits per heavy atom. The Kier molecular flexibility index (Phi) is 3.78. The molecule has 0 spiro atoms. The lowest BCUT2D eigenvalue weighted by Crippen LogP contribution is -2.29. The summed E-state index contributed by atoms with van der Waals surface area (Å²) in [5, 5.41) is 17.4. The Bertz CT molecular complexity index is 486. The summed E-state index contributed by atoms with van der Waals surface area (Å²) in [5.74, 6) is 0.628. The number of nitrogens with zero attached hydrogens (tertiary/aromatic N) is 1. The van der Waals surface area contributed by atoms with Crippen LogP contribution in [0, 0.1) is 5.41 Å². The second kappa shape index (κ2) is 5.19. The largest absolute Gasteiger partial charge is 0.496 e. The highest BCUT2D eigenvalue weighted by atomic mass is 16.5. The van der Waals surface area contributed by atoms with Crippen LogP contribution in [0.15, 0.2) is 18.2 Å². The molecular weight excluding hydrogens is 242 g/mol. The molecule has 0 aromatic heterocycles. The highest BCUT2D eigenvalue weighted by Gasteiger charge is 2.31. The average Bonchev–Trinajstić information content (AvgIpc) is 2.68. The molecule has 0 aliphatic carbocycles. The van der Waals surface area contributed by atoms with Crippen molar-refractivity contribution in [2.24, 2.45) is 5.73 Å². The molecule has 2 rings (SSSR count). The van der Waals surface area contributed by atoms with E-state index in [0.29, 0.717) is 17.9 Å². The van der Waals surface area contributed by atoms with Gasteiger partial charge in [0, 0.05) is 19.6 Å². The summed E-state index contributed by atoms with van der Waals surface area (Å²) in [6.07, 6.45) is 0.801. The Morgan fingerprint density at radius 1 is 1.58 bits per heavy atom. The molecule has 0 saturated carbocycles. The normalized spacial score (nSPS) is 23.5. The molecule has 1 unspecified atom stereocenters. The van der Waals surface area contributed by atoms with Crippen molar-refractivity contribution in [2.45, 2.75) is 25.5 Å². The third-order valence-electron chi connectivity index (χ3n) is 3.49. The molecule has 1 saturated heterocycles. The molecule has 0 bridgehead atoms. The maximum atomic E-state index is 9.95. The third kappa shape index (κ3) is 3.24. The van der Waals surface area contributed by atoms with Crippen molar-refractivity contribution >= 4 is 5.84 Å². The van der Waals surface area contributed by atoms with Crippen LogP contribution in [0.3, 0.4) is 0 Å². The number of nitrogens with two attached hydrogens (primary N) is 1. The highest BCUT2D eigenvalue weighted by Crippen LogP contribution is 2.25. The summed E-state index contributed by atoms with van der Waals surface area (Å²) in [5.41, 5.74) is 6.63. The van der Waals surface area contributed by atoms with Gasteiger partial charge in [-0.25, -0.2) is 0 Å². The van der Waals surface area contributed by atoms with E-state index in [9.17, 15) is 5.11 Å². The van der Waals surface area contributed by atoms with Gasteiger partial charge in [0.2, 0.25) is 0 Å². The van der Waals surface area contributed by atoms with Gasteiger partial charge in [0.05, 0.1) is 18.3 Å². The maximum absolute atomic E-state index is 9.95. The van der Waals surface area contributed by atoms with E-state index >= 15 is 0 Å². The van der Waals surface area contributed by atoms with Crippen LogP contribution >= 0.6 is 0 Å². The molecular formula is C14H21N3O2. The summed E-state index contributed by atoms with van der Waals surface area (Å²) >= 11 is 0. The minimum Gasteiger partial charge on any atom is -0.496 e. The van der Waals surface area contributed by atoms with E-state index < -0.39 is 5.60 Å². The first-order valence-electron chi connectivity index (χ1n) is 6.37. The predicted octanol–water partition coefficient (Wildman–Crippen LogP) is 0.936. The van der Waals surface area contributed by atoms with Crippen LogP contribution in [0.5, 0.6) is 5.75 Å². The highest BCUT2D eigenvalue weighted by molar-refractivity contribution is 5.97. The van der Waals surface area contributed by atoms with Crippen molar-refractivity contribution in [1.82, 2.24) is 4.90 Å². The lowest BCUT2D eigenvalue weighted by Gasteiger charge is -2.19. The maximum Gasteiger partial charge on any atom is 0.130 e. The van der Waals surface area contributed by atoms with Gasteiger partial charge >= 0.3 is 0 Å². The molecule has 4 N–H and O–H groups in total. The number of nitrogens with one attached hydrogen (secondary N) is 1. The summed E-state index contributed by atoms with van der Waals surface area (Å²) < 4.78 is 5.26. The van der Waals surface area contributed by atoms with Crippen LogP contribution in [-0.4, -0.2) is 41.6 Å². The van der Waals surface area contributed by atoms with Crippen molar-refractivity contribution in [2.75, 3.05) is 20.2 Å². The molecule has 104 valence electrons. The molecule has 5 heteroatoms. The van der Waals surface area contributed by atoms with Gasteiger partial charge in [0.1, 0.15) is 11.6 Å². The van der Waals surface area contributed by atoms with E-state index in [-0.39, 0.29) is 5.84 Å². The zero-order valence-electron chi connectivity index (χ0n) is 11.4. The quantitative estimate of drug-likeness (QED) is 0.557. The lowest BCUT2D eigenvalue weighted by molar-refractivity contribution is 0.0679. The van der Waals surface area contributed by atoms with E-state index in [1.165, 1.54) is 0 Å². The number of ether oxygens (including phenoxy) is 1. The summed E-state index contributed by atoms with van der Waals surface area (Å²) in [7, 11) is 1.58. The first-order chi connectivity index (χ1) is 8.91. The minimum absolute atomic E-state index is 0.00695. The van der Waals surface area contributed by atoms with Crippen molar-refractivity contribution in [3.05, 3.63) is 29.3 Å². The van der Waals surface area contributed by atoms with Crippen molar-refractivity contribution in [3.63, 3.8) is 0 Å². The second-order valence-electron chi connectivity index (χ2n) is 5.41. The van der Waals surface area contributed by atoms with Crippen molar-refractivity contribution in [3.8, 4) is 5.75 Å². The van der Waals surface area contributed by atoms with Crippen LogP contribution in [-0.2, 0) is 6.54 Å². The minimum atomic E-state index is -0.580. The predicted molar refractivity (Wildman–Crippen MR) is 74.5 cm³/mol. The van der Waals surface area contributed by atoms with E-state index in [1.807, 2.05) is 25.1 Å². The Balaban J connectivity index is 2.12. The molecule has 0 radical (unpaired) electrons. The number of amidine groups is 1. The Labute approximate surface area is 113 Å². The zero-order valence-corrected chi connectivity index (χ0v) is 11.4. The van der Waals surface area contributed by atoms with Gasteiger partial charge in [0.25, 0.3) is 0 Å². The van der Waals surface area contributed by atoms with Crippen LogP contribution in [0.4, 0.5) is 0 Å². The number of β-amino-alcohol motifs (C(OH)–C–C–N with tert-alkyl or cyclic N) is 1. The average molecular weight is 263 g/mol. The van der Waals surface area contributed by atoms with Crippen LogP contribution in [0.25, 0.3) is 0 Å². The van der Waals surface area contributed by atoms with Gasteiger partial charge in [-0.05, 0) is 31.0 Å². The second-order valence-corrected chi connectivity index (χ2v) is 5.41. The first kappa shape index (κ1) is 13.8. The fourth-order valence-corrected chi connectivity index (χ4v) is 2.49. The monoisotopic (exact) mass is 263 g/mol. The van der Waals surface area contributed by atoms with Gasteiger partial charge in [-0.15, -0.1) is 0 Å². The number of methoxy groups -OCH3 is 1. The van der Waals surface area contributed by atoms with E-state index in [2.05, 4.69) is 4.90 Å². The van der Waals surface area contributed by atoms with Crippen molar-refractivity contribution in [1.29, 1.82) is 5.41 Å². The fourth-order valence-electron chi connectivity index (χ4n) is 2.49. The zero-order chi connectivity index (χ0) is 14.0. The number of hydrogen-bond acceptors (Lipinski definition) is 4. The van der Waals surface area contributed by atoms with Gasteiger partial charge < -0.3 is 15.6 Å². The first-order valence-corrected chi connectivity index (χ1v) is 6.37. The molecule has 1 aliphatic rings. The Morgan fingerprint density at radius 3 is 2.84 bits per heavy atom.